The normalized spacial score (nSPS) is 16.0. The number of amides is 1. The van der Waals surface area contributed by atoms with Gasteiger partial charge in [-0.05, 0) is 70.1 Å². The lowest BCUT2D eigenvalue weighted by Crippen LogP contribution is -2.43. The van der Waals surface area contributed by atoms with Crippen molar-refractivity contribution >= 4 is 5.91 Å². The first-order valence-corrected chi connectivity index (χ1v) is 8.80. The molecule has 25 heavy (non-hydrogen) atoms. The van der Waals surface area contributed by atoms with Crippen LogP contribution < -0.4 is 10.1 Å². The summed E-state index contributed by atoms with van der Waals surface area (Å²) in [5.74, 6) is 1.72. The summed E-state index contributed by atoms with van der Waals surface area (Å²) in [5.41, 5.74) is 2.18. The number of furan rings is 1. The minimum atomic E-state index is -0.145. The van der Waals surface area contributed by atoms with Gasteiger partial charge in [0.1, 0.15) is 18.1 Å². The van der Waals surface area contributed by atoms with Crippen molar-refractivity contribution in [2.75, 3.05) is 20.1 Å². The van der Waals surface area contributed by atoms with E-state index in [2.05, 4.69) is 17.3 Å². The molecule has 0 radical (unpaired) electrons. The Morgan fingerprint density at radius 1 is 1.20 bits per heavy atom. The fourth-order valence-corrected chi connectivity index (χ4v) is 3.16. The Balaban J connectivity index is 1.56. The average molecular weight is 342 g/mol. The highest BCUT2D eigenvalue weighted by Gasteiger charge is 2.20. The Morgan fingerprint density at radius 3 is 2.56 bits per heavy atom. The van der Waals surface area contributed by atoms with Gasteiger partial charge in [0.25, 0.3) is 5.91 Å². The van der Waals surface area contributed by atoms with Crippen LogP contribution in [0.1, 0.15) is 40.3 Å². The molecule has 0 bridgehead atoms. The van der Waals surface area contributed by atoms with E-state index in [9.17, 15) is 4.79 Å². The maximum Gasteiger partial charge on any atom is 0.287 e. The number of nitrogens with zero attached hydrogens (tertiary/aromatic N) is 1. The number of likely N-dealkylation sites (tertiary alicyclic amines) is 1. The first kappa shape index (κ1) is 17.5. The summed E-state index contributed by atoms with van der Waals surface area (Å²) in [6.45, 7) is 6.37. The van der Waals surface area contributed by atoms with Crippen LogP contribution >= 0.6 is 0 Å². The monoisotopic (exact) mass is 342 g/mol. The van der Waals surface area contributed by atoms with Gasteiger partial charge in [0.05, 0.1) is 0 Å². The summed E-state index contributed by atoms with van der Waals surface area (Å²) in [5, 5.41) is 3.06. The first-order chi connectivity index (χ1) is 12.0. The van der Waals surface area contributed by atoms with Crippen LogP contribution in [0.15, 0.2) is 34.7 Å². The number of nitrogens with one attached hydrogen (secondary N) is 1. The van der Waals surface area contributed by atoms with Gasteiger partial charge >= 0.3 is 0 Å². The lowest BCUT2D eigenvalue weighted by atomic mass is 10.1. The fraction of sp³-hybridized carbons (Fsp3) is 0.450. The molecule has 0 atom stereocenters. The molecule has 3 rings (SSSR count). The number of ether oxygens (including phenoxy) is 1. The van der Waals surface area contributed by atoms with E-state index in [-0.39, 0.29) is 11.9 Å². The standard InChI is InChI=1S/C20H26N2O3/c1-14-5-4-6-15(2)19(14)24-13-17-7-8-18(25-17)20(23)21-16-9-11-22(3)12-10-16/h4-8,16H,9-13H2,1-3H3,(H,21,23). The summed E-state index contributed by atoms with van der Waals surface area (Å²) in [6.07, 6.45) is 1.96. The van der Waals surface area contributed by atoms with Crippen LogP contribution in [0, 0.1) is 13.8 Å². The van der Waals surface area contributed by atoms with Crippen LogP contribution in [0.5, 0.6) is 5.75 Å². The minimum Gasteiger partial charge on any atom is -0.485 e. The second kappa shape index (κ2) is 7.74. The van der Waals surface area contributed by atoms with Gasteiger partial charge in [0, 0.05) is 6.04 Å². The van der Waals surface area contributed by atoms with Gasteiger partial charge in [-0.3, -0.25) is 4.79 Å². The highest BCUT2D eigenvalue weighted by atomic mass is 16.5. The smallest absolute Gasteiger partial charge is 0.287 e. The van der Waals surface area contributed by atoms with Crippen molar-refractivity contribution in [3.05, 3.63) is 53.0 Å². The van der Waals surface area contributed by atoms with Gasteiger partial charge in [0.15, 0.2) is 5.76 Å². The molecule has 0 spiro atoms. The largest absolute Gasteiger partial charge is 0.485 e. The van der Waals surface area contributed by atoms with E-state index >= 15 is 0 Å². The zero-order chi connectivity index (χ0) is 17.8. The van der Waals surface area contributed by atoms with Crippen molar-refractivity contribution in [3.63, 3.8) is 0 Å². The van der Waals surface area contributed by atoms with Crippen LogP contribution in [-0.2, 0) is 6.61 Å². The number of hydrogen-bond donors (Lipinski definition) is 1. The highest BCUT2D eigenvalue weighted by molar-refractivity contribution is 5.91. The third-order valence-corrected chi connectivity index (χ3v) is 4.71. The number of carbonyl (C=O) groups is 1. The van der Waals surface area contributed by atoms with Crippen LogP contribution in [-0.4, -0.2) is 37.0 Å². The van der Waals surface area contributed by atoms with Gasteiger partial charge in [-0.2, -0.15) is 0 Å². The molecule has 1 N–H and O–H groups in total. The third-order valence-electron chi connectivity index (χ3n) is 4.71. The SMILES string of the molecule is Cc1cccc(C)c1OCc1ccc(C(=O)NC2CCN(C)CC2)o1. The predicted octanol–water partition coefficient (Wildman–Crippen LogP) is 3.30. The molecule has 2 aromatic rings. The summed E-state index contributed by atoms with van der Waals surface area (Å²) < 4.78 is 11.5. The van der Waals surface area contributed by atoms with E-state index in [0.717, 1.165) is 42.8 Å². The second-order valence-corrected chi connectivity index (χ2v) is 6.83. The Bertz CT molecular complexity index is 710. The summed E-state index contributed by atoms with van der Waals surface area (Å²) in [4.78, 5) is 14.6. The van der Waals surface area contributed by atoms with Crippen molar-refractivity contribution < 1.29 is 13.9 Å². The molecule has 0 aliphatic carbocycles. The van der Waals surface area contributed by atoms with Gasteiger partial charge in [-0.25, -0.2) is 0 Å². The average Bonchev–Trinajstić information content (AvgIpc) is 3.06. The molecule has 5 heteroatoms. The number of piperidine rings is 1. The van der Waals surface area contributed by atoms with E-state index in [0.29, 0.717) is 18.1 Å². The summed E-state index contributed by atoms with van der Waals surface area (Å²) >= 11 is 0. The van der Waals surface area contributed by atoms with E-state index in [1.165, 1.54) is 0 Å². The Kier molecular flexibility index (Phi) is 5.43. The Morgan fingerprint density at radius 2 is 1.88 bits per heavy atom. The third kappa shape index (κ3) is 4.42. The lowest BCUT2D eigenvalue weighted by Gasteiger charge is -2.29. The quantitative estimate of drug-likeness (QED) is 0.906. The molecule has 1 saturated heterocycles. The number of hydrogen-bond acceptors (Lipinski definition) is 4. The van der Waals surface area contributed by atoms with Crippen molar-refractivity contribution in [2.45, 2.75) is 39.3 Å². The molecular weight excluding hydrogens is 316 g/mol. The molecule has 1 aromatic carbocycles. The van der Waals surface area contributed by atoms with Crippen LogP contribution in [0.25, 0.3) is 0 Å². The van der Waals surface area contributed by atoms with Crippen molar-refractivity contribution in [2.24, 2.45) is 0 Å². The lowest BCUT2D eigenvalue weighted by molar-refractivity contribution is 0.0884. The molecule has 1 amide bonds. The fourth-order valence-electron chi connectivity index (χ4n) is 3.16. The second-order valence-electron chi connectivity index (χ2n) is 6.83. The molecule has 1 aromatic heterocycles. The zero-order valence-electron chi connectivity index (χ0n) is 15.2. The van der Waals surface area contributed by atoms with E-state index in [1.54, 1.807) is 12.1 Å². The van der Waals surface area contributed by atoms with Crippen LogP contribution in [0.3, 0.4) is 0 Å². The summed E-state index contributed by atoms with van der Waals surface area (Å²) in [6, 6.07) is 9.79. The molecule has 1 aliphatic rings. The molecule has 134 valence electrons. The number of aryl methyl sites for hydroxylation is 2. The first-order valence-electron chi connectivity index (χ1n) is 8.80. The molecule has 0 unspecified atom stereocenters. The predicted molar refractivity (Wildman–Crippen MR) is 96.9 cm³/mol. The zero-order valence-corrected chi connectivity index (χ0v) is 15.2. The van der Waals surface area contributed by atoms with Gasteiger partial charge < -0.3 is 19.4 Å². The molecule has 1 fully saturated rings. The minimum absolute atomic E-state index is 0.145. The maximum atomic E-state index is 12.3. The number of rotatable bonds is 5. The number of para-hydroxylation sites is 1. The maximum absolute atomic E-state index is 12.3. The molecule has 5 nitrogen and oxygen atoms in total. The molecule has 2 heterocycles. The van der Waals surface area contributed by atoms with E-state index in [1.807, 2.05) is 32.0 Å². The van der Waals surface area contributed by atoms with Crippen LogP contribution in [0.2, 0.25) is 0 Å². The highest BCUT2D eigenvalue weighted by Crippen LogP contribution is 2.23. The topological polar surface area (TPSA) is 54.7 Å². The van der Waals surface area contributed by atoms with Crippen molar-refractivity contribution in [1.29, 1.82) is 0 Å². The van der Waals surface area contributed by atoms with E-state index in [4.69, 9.17) is 9.15 Å². The van der Waals surface area contributed by atoms with Crippen molar-refractivity contribution in [1.82, 2.24) is 10.2 Å². The Hall–Kier alpha value is -2.27. The van der Waals surface area contributed by atoms with Crippen LogP contribution in [0.4, 0.5) is 0 Å². The van der Waals surface area contributed by atoms with Gasteiger partial charge in [0.2, 0.25) is 0 Å². The number of benzene rings is 1. The van der Waals surface area contributed by atoms with Gasteiger partial charge in [-0.1, -0.05) is 18.2 Å². The summed E-state index contributed by atoms with van der Waals surface area (Å²) in [7, 11) is 2.10. The Labute approximate surface area is 149 Å². The van der Waals surface area contributed by atoms with Gasteiger partial charge in [-0.15, -0.1) is 0 Å². The van der Waals surface area contributed by atoms with Crippen molar-refractivity contribution in [3.8, 4) is 5.75 Å². The molecular formula is C20H26N2O3. The number of carbonyl (C=O) groups excluding carboxylic acids is 1. The molecule has 1 aliphatic heterocycles. The molecule has 0 saturated carbocycles. The van der Waals surface area contributed by atoms with E-state index < -0.39 is 0 Å².